The predicted octanol–water partition coefficient (Wildman–Crippen LogP) is 1.80. The number of carbonyl (C=O) groups is 1. The van der Waals surface area contributed by atoms with Crippen LogP contribution in [0, 0.1) is 0 Å². The lowest BCUT2D eigenvalue weighted by atomic mass is 10.1. The summed E-state index contributed by atoms with van der Waals surface area (Å²) in [5.41, 5.74) is -0.211. The molecule has 0 fully saturated rings. The smallest absolute Gasteiger partial charge is 0.242 e. The fraction of sp³-hybridized carbons (Fsp3) is 0.500. The van der Waals surface area contributed by atoms with Gasteiger partial charge in [0.05, 0.1) is 0 Å². The van der Waals surface area contributed by atoms with Gasteiger partial charge < -0.3 is 10.6 Å². The lowest BCUT2D eigenvalue weighted by Crippen LogP contribution is -2.47. The zero-order valence-electron chi connectivity index (χ0n) is 10.2. The molecule has 0 radical (unpaired) electrons. The molecule has 0 aliphatic rings. The third-order valence-electron chi connectivity index (χ3n) is 1.92. The first-order valence-corrected chi connectivity index (χ1v) is 5.38. The molecule has 4 nitrogen and oxygen atoms in total. The van der Waals surface area contributed by atoms with Gasteiger partial charge in [-0.2, -0.15) is 0 Å². The van der Waals surface area contributed by atoms with Gasteiger partial charge in [0.25, 0.3) is 0 Å². The number of carbonyl (C=O) groups excluding carboxylic acids is 1. The van der Waals surface area contributed by atoms with Crippen molar-refractivity contribution in [3.63, 3.8) is 0 Å². The molecule has 0 spiro atoms. The van der Waals surface area contributed by atoms with E-state index >= 15 is 0 Å². The molecular weight excluding hydrogens is 202 g/mol. The molecule has 1 heterocycles. The van der Waals surface area contributed by atoms with Crippen LogP contribution >= 0.6 is 0 Å². The van der Waals surface area contributed by atoms with Crippen LogP contribution in [0.1, 0.15) is 27.7 Å². The Kier molecular flexibility index (Phi) is 3.88. The number of nitrogens with zero attached hydrogens (tertiary/aromatic N) is 1. The van der Waals surface area contributed by atoms with Crippen LogP contribution in [0.5, 0.6) is 0 Å². The fourth-order valence-corrected chi connectivity index (χ4v) is 1.21. The Bertz CT molecular complexity index is 343. The van der Waals surface area contributed by atoms with Crippen LogP contribution in [0.3, 0.4) is 0 Å². The van der Waals surface area contributed by atoms with Gasteiger partial charge in [-0.3, -0.25) is 4.79 Å². The molecule has 1 rings (SSSR count). The maximum Gasteiger partial charge on any atom is 0.242 e. The monoisotopic (exact) mass is 221 g/mol. The van der Waals surface area contributed by atoms with Crippen LogP contribution in [0.2, 0.25) is 0 Å². The van der Waals surface area contributed by atoms with Gasteiger partial charge in [-0.25, -0.2) is 4.98 Å². The lowest BCUT2D eigenvalue weighted by molar-refractivity contribution is -0.122. The van der Waals surface area contributed by atoms with Gasteiger partial charge in [-0.15, -0.1) is 0 Å². The minimum atomic E-state index is -0.297. The molecule has 88 valence electrons. The van der Waals surface area contributed by atoms with Gasteiger partial charge >= 0.3 is 0 Å². The van der Waals surface area contributed by atoms with E-state index in [0.717, 1.165) is 0 Å². The molecule has 0 aliphatic carbocycles. The second kappa shape index (κ2) is 4.96. The third kappa shape index (κ3) is 4.29. The molecule has 1 aromatic heterocycles. The van der Waals surface area contributed by atoms with Crippen molar-refractivity contribution in [2.75, 3.05) is 5.32 Å². The number of rotatable bonds is 3. The van der Waals surface area contributed by atoms with Gasteiger partial charge in [0.1, 0.15) is 11.9 Å². The Morgan fingerprint density at radius 2 is 2.06 bits per heavy atom. The van der Waals surface area contributed by atoms with Gasteiger partial charge in [0.15, 0.2) is 0 Å². The van der Waals surface area contributed by atoms with Crippen LogP contribution in [-0.4, -0.2) is 22.5 Å². The van der Waals surface area contributed by atoms with Crippen LogP contribution in [0.25, 0.3) is 0 Å². The van der Waals surface area contributed by atoms with Crippen molar-refractivity contribution in [3.8, 4) is 0 Å². The molecule has 4 heteroatoms. The fourth-order valence-electron chi connectivity index (χ4n) is 1.21. The molecule has 0 saturated carbocycles. The van der Waals surface area contributed by atoms with Crippen molar-refractivity contribution in [3.05, 3.63) is 24.4 Å². The van der Waals surface area contributed by atoms with Crippen LogP contribution in [0.4, 0.5) is 5.82 Å². The average molecular weight is 221 g/mol. The first kappa shape index (κ1) is 12.5. The number of amides is 1. The van der Waals surface area contributed by atoms with E-state index in [4.69, 9.17) is 0 Å². The zero-order chi connectivity index (χ0) is 12.2. The minimum Gasteiger partial charge on any atom is -0.359 e. The molecular formula is C12H19N3O. The highest BCUT2D eigenvalue weighted by Crippen LogP contribution is 2.04. The summed E-state index contributed by atoms with van der Waals surface area (Å²) in [6.45, 7) is 7.69. The molecule has 1 atom stereocenters. The molecule has 1 aromatic rings. The number of hydrogen-bond acceptors (Lipinski definition) is 3. The van der Waals surface area contributed by atoms with E-state index in [1.807, 2.05) is 45.9 Å². The second-order valence-electron chi connectivity index (χ2n) is 4.82. The van der Waals surface area contributed by atoms with E-state index in [9.17, 15) is 4.79 Å². The summed E-state index contributed by atoms with van der Waals surface area (Å²) in [6.07, 6.45) is 1.69. The minimum absolute atomic E-state index is 0.0295. The summed E-state index contributed by atoms with van der Waals surface area (Å²) in [4.78, 5) is 15.9. The summed E-state index contributed by atoms with van der Waals surface area (Å²) in [7, 11) is 0. The SMILES string of the molecule is C[C@@H](Nc1ccccn1)C(=O)NC(C)(C)C. The third-order valence-corrected chi connectivity index (χ3v) is 1.92. The first-order chi connectivity index (χ1) is 7.38. The molecule has 0 aliphatic heterocycles. The van der Waals surface area contributed by atoms with Crippen molar-refractivity contribution in [1.29, 1.82) is 0 Å². The number of hydrogen-bond donors (Lipinski definition) is 2. The number of aromatic nitrogens is 1. The predicted molar refractivity (Wildman–Crippen MR) is 65.2 cm³/mol. The van der Waals surface area contributed by atoms with Crippen LogP contribution < -0.4 is 10.6 Å². The summed E-state index contributed by atoms with van der Waals surface area (Å²) in [5, 5.41) is 5.95. The molecule has 0 aromatic carbocycles. The highest BCUT2D eigenvalue weighted by atomic mass is 16.2. The molecule has 2 N–H and O–H groups in total. The summed E-state index contributed by atoms with van der Waals surface area (Å²) < 4.78 is 0. The van der Waals surface area contributed by atoms with Gasteiger partial charge in [-0.1, -0.05) is 6.07 Å². The highest BCUT2D eigenvalue weighted by molar-refractivity contribution is 5.84. The van der Waals surface area contributed by atoms with Crippen molar-refractivity contribution in [2.24, 2.45) is 0 Å². The summed E-state index contributed by atoms with van der Waals surface area (Å²) in [5.74, 6) is 0.678. The largest absolute Gasteiger partial charge is 0.359 e. The Hall–Kier alpha value is -1.58. The average Bonchev–Trinajstić information content (AvgIpc) is 2.16. The highest BCUT2D eigenvalue weighted by Gasteiger charge is 2.18. The van der Waals surface area contributed by atoms with E-state index in [-0.39, 0.29) is 17.5 Å². The normalized spacial score (nSPS) is 13.0. The molecule has 0 saturated heterocycles. The van der Waals surface area contributed by atoms with Crippen molar-refractivity contribution in [2.45, 2.75) is 39.3 Å². The molecule has 0 unspecified atom stereocenters. The van der Waals surface area contributed by atoms with Crippen molar-refractivity contribution >= 4 is 11.7 Å². The van der Waals surface area contributed by atoms with E-state index in [1.165, 1.54) is 0 Å². The van der Waals surface area contributed by atoms with Crippen molar-refractivity contribution < 1.29 is 4.79 Å². The summed E-state index contributed by atoms with van der Waals surface area (Å²) in [6, 6.07) is 5.25. The standard InChI is InChI=1S/C12H19N3O/c1-9(11(16)15-12(2,3)4)14-10-7-5-6-8-13-10/h5-9H,1-4H3,(H,13,14)(H,15,16)/t9-/m1/s1. The number of nitrogens with one attached hydrogen (secondary N) is 2. The van der Waals surface area contributed by atoms with E-state index in [1.54, 1.807) is 6.20 Å². The Morgan fingerprint density at radius 1 is 1.38 bits per heavy atom. The zero-order valence-corrected chi connectivity index (χ0v) is 10.2. The molecule has 0 bridgehead atoms. The number of anilines is 1. The van der Waals surface area contributed by atoms with Gasteiger partial charge in [0.2, 0.25) is 5.91 Å². The van der Waals surface area contributed by atoms with Crippen molar-refractivity contribution in [1.82, 2.24) is 10.3 Å². The topological polar surface area (TPSA) is 54.0 Å². The van der Waals surface area contributed by atoms with Gasteiger partial charge in [0, 0.05) is 11.7 Å². The Morgan fingerprint density at radius 3 is 2.56 bits per heavy atom. The van der Waals surface area contributed by atoms with E-state index in [2.05, 4.69) is 15.6 Å². The maximum absolute atomic E-state index is 11.8. The van der Waals surface area contributed by atoms with Gasteiger partial charge in [-0.05, 0) is 39.8 Å². The second-order valence-corrected chi connectivity index (χ2v) is 4.82. The lowest BCUT2D eigenvalue weighted by Gasteiger charge is -2.23. The first-order valence-electron chi connectivity index (χ1n) is 5.38. The Balaban J connectivity index is 2.53. The Labute approximate surface area is 96.5 Å². The number of pyridine rings is 1. The quantitative estimate of drug-likeness (QED) is 0.818. The summed E-state index contributed by atoms with van der Waals surface area (Å²) >= 11 is 0. The van der Waals surface area contributed by atoms with Crippen LogP contribution in [0.15, 0.2) is 24.4 Å². The van der Waals surface area contributed by atoms with Crippen LogP contribution in [-0.2, 0) is 4.79 Å². The molecule has 16 heavy (non-hydrogen) atoms. The van der Waals surface area contributed by atoms with E-state index in [0.29, 0.717) is 5.82 Å². The van der Waals surface area contributed by atoms with E-state index < -0.39 is 0 Å². The maximum atomic E-state index is 11.8. The molecule has 1 amide bonds.